The van der Waals surface area contributed by atoms with Crippen LogP contribution >= 0.6 is 0 Å². The number of nitrogens with one attached hydrogen (secondary N) is 2. The zero-order chi connectivity index (χ0) is 25.2. The number of alkyl halides is 3. The molecule has 0 aliphatic rings. The minimum absolute atomic E-state index is 0.0386. The van der Waals surface area contributed by atoms with Gasteiger partial charge in [0.15, 0.2) is 0 Å². The number of para-hydroxylation sites is 2. The Morgan fingerprint density at radius 2 is 1.71 bits per heavy atom. The van der Waals surface area contributed by atoms with Crippen LogP contribution in [-0.2, 0) is 17.5 Å². The lowest BCUT2D eigenvalue weighted by atomic mass is 10.1. The van der Waals surface area contributed by atoms with E-state index in [2.05, 4.69) is 15.6 Å². The predicted octanol–water partition coefficient (Wildman–Crippen LogP) is 5.49. The zero-order valence-electron chi connectivity index (χ0n) is 19.1. The Balaban J connectivity index is 1.59. The highest BCUT2D eigenvalue weighted by atomic mass is 19.4. The molecule has 0 bridgehead atoms. The van der Waals surface area contributed by atoms with Gasteiger partial charge in [0.05, 0.1) is 22.6 Å². The van der Waals surface area contributed by atoms with E-state index < -0.39 is 23.7 Å². The fraction of sp³-hybridized carbons (Fsp3) is 0.192. The van der Waals surface area contributed by atoms with Gasteiger partial charge in [-0.25, -0.2) is 4.98 Å². The van der Waals surface area contributed by atoms with Crippen molar-refractivity contribution in [2.24, 2.45) is 0 Å². The molecule has 180 valence electrons. The first kappa shape index (κ1) is 24.0. The van der Waals surface area contributed by atoms with Crippen molar-refractivity contribution in [3.05, 3.63) is 95.3 Å². The molecule has 1 atom stereocenters. The van der Waals surface area contributed by atoms with Gasteiger partial charge in [0.1, 0.15) is 12.4 Å². The molecular formula is C26H23F3N4O2. The predicted molar refractivity (Wildman–Crippen MR) is 127 cm³/mol. The van der Waals surface area contributed by atoms with E-state index in [4.69, 9.17) is 0 Å². The summed E-state index contributed by atoms with van der Waals surface area (Å²) in [6, 6.07) is 18.3. The number of fused-ring (bicyclic) bond motifs is 1. The van der Waals surface area contributed by atoms with E-state index in [1.807, 2.05) is 25.1 Å². The number of carbonyl (C=O) groups excluding carboxylic acids is 2. The first-order valence-electron chi connectivity index (χ1n) is 10.9. The fourth-order valence-electron chi connectivity index (χ4n) is 3.87. The molecule has 0 aliphatic carbocycles. The standard InChI is InChI=1S/C26H23F3N4O2/c1-16-8-3-4-11-20(16)25(35)30-17(2)24-32-21-12-5-6-13-22(21)33(24)15-23(34)31-19-10-7-9-18(14-19)26(27,28)29/h3-14,17H,15H2,1-2H3,(H,30,35)(H,31,34). The summed E-state index contributed by atoms with van der Waals surface area (Å²) in [7, 11) is 0. The lowest BCUT2D eigenvalue weighted by Gasteiger charge is -2.17. The van der Waals surface area contributed by atoms with E-state index in [0.29, 0.717) is 22.4 Å². The Bertz CT molecular complexity index is 1390. The number of hydrogen-bond donors (Lipinski definition) is 2. The van der Waals surface area contributed by atoms with Crippen LogP contribution in [0.15, 0.2) is 72.8 Å². The zero-order valence-corrected chi connectivity index (χ0v) is 19.1. The summed E-state index contributed by atoms with van der Waals surface area (Å²) in [5.74, 6) is -0.346. The quantitative estimate of drug-likeness (QED) is 0.383. The minimum atomic E-state index is -4.51. The second kappa shape index (κ2) is 9.61. The molecule has 9 heteroatoms. The van der Waals surface area contributed by atoms with Crippen molar-refractivity contribution >= 4 is 28.5 Å². The summed E-state index contributed by atoms with van der Waals surface area (Å²) < 4.78 is 40.7. The van der Waals surface area contributed by atoms with E-state index in [9.17, 15) is 22.8 Å². The normalized spacial score (nSPS) is 12.4. The van der Waals surface area contributed by atoms with Crippen molar-refractivity contribution < 1.29 is 22.8 Å². The Morgan fingerprint density at radius 3 is 2.46 bits per heavy atom. The highest BCUT2D eigenvalue weighted by Crippen LogP contribution is 2.30. The van der Waals surface area contributed by atoms with Crippen molar-refractivity contribution in [1.29, 1.82) is 0 Å². The number of aryl methyl sites for hydroxylation is 1. The molecule has 1 unspecified atom stereocenters. The molecule has 35 heavy (non-hydrogen) atoms. The molecule has 0 spiro atoms. The molecular weight excluding hydrogens is 457 g/mol. The van der Waals surface area contributed by atoms with Gasteiger partial charge in [-0.05, 0) is 55.8 Å². The Morgan fingerprint density at radius 1 is 1.00 bits per heavy atom. The number of carbonyl (C=O) groups is 2. The van der Waals surface area contributed by atoms with Gasteiger partial charge in [-0.15, -0.1) is 0 Å². The van der Waals surface area contributed by atoms with Crippen LogP contribution in [-0.4, -0.2) is 21.4 Å². The van der Waals surface area contributed by atoms with Gasteiger partial charge in [0.25, 0.3) is 5.91 Å². The number of nitrogens with zero attached hydrogens (tertiary/aromatic N) is 2. The van der Waals surface area contributed by atoms with Crippen molar-refractivity contribution in [3.63, 3.8) is 0 Å². The molecule has 1 heterocycles. The molecule has 0 saturated carbocycles. The first-order chi connectivity index (χ1) is 16.6. The van der Waals surface area contributed by atoms with Crippen LogP contribution in [0, 0.1) is 6.92 Å². The van der Waals surface area contributed by atoms with E-state index in [-0.39, 0.29) is 18.1 Å². The van der Waals surface area contributed by atoms with E-state index in [1.54, 1.807) is 41.8 Å². The van der Waals surface area contributed by atoms with Gasteiger partial charge < -0.3 is 15.2 Å². The summed E-state index contributed by atoms with van der Waals surface area (Å²) in [5, 5.41) is 5.45. The third-order valence-electron chi connectivity index (χ3n) is 5.58. The van der Waals surface area contributed by atoms with E-state index in [0.717, 1.165) is 17.7 Å². The number of hydrogen-bond acceptors (Lipinski definition) is 3. The molecule has 4 rings (SSSR count). The highest BCUT2D eigenvalue weighted by molar-refractivity contribution is 5.96. The van der Waals surface area contributed by atoms with Gasteiger partial charge in [-0.1, -0.05) is 36.4 Å². The highest BCUT2D eigenvalue weighted by Gasteiger charge is 2.30. The SMILES string of the molecule is Cc1ccccc1C(=O)NC(C)c1nc2ccccc2n1CC(=O)Nc1cccc(C(F)(F)F)c1. The fourth-order valence-corrected chi connectivity index (χ4v) is 3.87. The van der Waals surface area contributed by atoms with E-state index >= 15 is 0 Å². The van der Waals surface area contributed by atoms with Crippen LogP contribution in [0.25, 0.3) is 11.0 Å². The smallest absolute Gasteiger partial charge is 0.342 e. The average Bonchev–Trinajstić information content (AvgIpc) is 3.17. The summed E-state index contributed by atoms with van der Waals surface area (Å²) >= 11 is 0. The molecule has 0 radical (unpaired) electrons. The van der Waals surface area contributed by atoms with Gasteiger partial charge in [-0.3, -0.25) is 9.59 Å². The first-order valence-corrected chi connectivity index (χ1v) is 10.9. The summed E-state index contributed by atoms with van der Waals surface area (Å²) in [6.07, 6.45) is -4.51. The van der Waals surface area contributed by atoms with Crippen LogP contribution < -0.4 is 10.6 Å². The van der Waals surface area contributed by atoms with Gasteiger partial charge in [-0.2, -0.15) is 13.2 Å². The number of benzene rings is 3. The molecule has 0 saturated heterocycles. The topological polar surface area (TPSA) is 76.0 Å². The summed E-state index contributed by atoms with van der Waals surface area (Å²) in [5.41, 5.74) is 1.84. The maximum Gasteiger partial charge on any atom is 0.416 e. The monoisotopic (exact) mass is 480 g/mol. The minimum Gasteiger partial charge on any atom is -0.342 e. The molecule has 4 aromatic rings. The lowest BCUT2D eigenvalue weighted by molar-refractivity contribution is -0.137. The molecule has 0 fully saturated rings. The largest absolute Gasteiger partial charge is 0.416 e. The van der Waals surface area contributed by atoms with Crippen LogP contribution in [0.2, 0.25) is 0 Å². The van der Waals surface area contributed by atoms with Crippen molar-refractivity contribution in [3.8, 4) is 0 Å². The Kier molecular flexibility index (Phi) is 6.59. The number of aromatic nitrogens is 2. The van der Waals surface area contributed by atoms with Gasteiger partial charge in [0, 0.05) is 11.3 Å². The van der Waals surface area contributed by atoms with Crippen molar-refractivity contribution in [1.82, 2.24) is 14.9 Å². The average molecular weight is 480 g/mol. The molecule has 2 N–H and O–H groups in total. The molecule has 6 nitrogen and oxygen atoms in total. The molecule has 3 aromatic carbocycles. The Labute approximate surface area is 199 Å². The van der Waals surface area contributed by atoms with Crippen LogP contribution in [0.1, 0.15) is 40.3 Å². The number of anilines is 1. The van der Waals surface area contributed by atoms with E-state index in [1.165, 1.54) is 12.1 Å². The number of imidazole rings is 1. The molecule has 1 aromatic heterocycles. The lowest BCUT2D eigenvalue weighted by Crippen LogP contribution is -2.30. The van der Waals surface area contributed by atoms with Gasteiger partial charge in [0.2, 0.25) is 5.91 Å². The summed E-state index contributed by atoms with van der Waals surface area (Å²) in [4.78, 5) is 30.3. The second-order valence-corrected chi connectivity index (χ2v) is 8.18. The Hall–Kier alpha value is -4.14. The number of rotatable bonds is 6. The number of halogens is 3. The number of amides is 2. The van der Waals surface area contributed by atoms with Crippen LogP contribution in [0.5, 0.6) is 0 Å². The molecule has 0 aliphatic heterocycles. The third kappa shape index (κ3) is 5.34. The van der Waals surface area contributed by atoms with Gasteiger partial charge >= 0.3 is 6.18 Å². The second-order valence-electron chi connectivity index (χ2n) is 8.18. The molecule has 2 amide bonds. The van der Waals surface area contributed by atoms with Crippen LogP contribution in [0.4, 0.5) is 18.9 Å². The third-order valence-corrected chi connectivity index (χ3v) is 5.58. The van der Waals surface area contributed by atoms with Crippen LogP contribution in [0.3, 0.4) is 0 Å². The maximum absolute atomic E-state index is 13.0. The maximum atomic E-state index is 13.0. The van der Waals surface area contributed by atoms with Crippen molar-refractivity contribution in [2.45, 2.75) is 32.6 Å². The summed E-state index contributed by atoms with van der Waals surface area (Å²) in [6.45, 7) is 3.40. The van der Waals surface area contributed by atoms with Crippen molar-refractivity contribution in [2.75, 3.05) is 5.32 Å².